The van der Waals surface area contributed by atoms with Gasteiger partial charge in [0.1, 0.15) is 11.8 Å². The Bertz CT molecular complexity index is 1280. The van der Waals surface area contributed by atoms with E-state index in [0.29, 0.717) is 23.1 Å². The van der Waals surface area contributed by atoms with Gasteiger partial charge in [-0.15, -0.1) is 0 Å². The minimum Gasteiger partial charge on any atom is -0.483 e. The number of rotatable bonds is 12. The van der Waals surface area contributed by atoms with Crippen LogP contribution in [0.25, 0.3) is 0 Å². The van der Waals surface area contributed by atoms with E-state index in [4.69, 9.17) is 9.47 Å². The van der Waals surface area contributed by atoms with Crippen molar-refractivity contribution in [2.24, 2.45) is 11.3 Å². The minimum atomic E-state index is -3.70. The number of fused-ring (bicyclic) bond motifs is 1. The second-order valence-electron chi connectivity index (χ2n) is 10.9. The van der Waals surface area contributed by atoms with Crippen molar-refractivity contribution in [1.82, 2.24) is 5.32 Å². The molecule has 0 radical (unpaired) electrons. The Morgan fingerprint density at radius 2 is 1.85 bits per heavy atom. The molecule has 0 aromatic heterocycles. The zero-order valence-corrected chi connectivity index (χ0v) is 26.4. The summed E-state index contributed by atoms with van der Waals surface area (Å²) >= 11 is 3.54. The lowest BCUT2D eigenvalue weighted by Gasteiger charge is -2.36. The molecule has 2 unspecified atom stereocenters. The molecule has 40 heavy (non-hydrogen) atoms. The number of carbonyl (C=O) groups is 2. The molecule has 0 saturated heterocycles. The van der Waals surface area contributed by atoms with E-state index in [-0.39, 0.29) is 28.9 Å². The number of anilines is 2. The third-order valence-corrected chi connectivity index (χ3v) is 10.0. The van der Waals surface area contributed by atoms with Gasteiger partial charge in [-0.3, -0.25) is 4.79 Å². The van der Waals surface area contributed by atoms with Gasteiger partial charge in [-0.1, -0.05) is 58.7 Å². The van der Waals surface area contributed by atoms with Crippen LogP contribution in [-0.2, 0) is 24.2 Å². The largest absolute Gasteiger partial charge is 0.483 e. The van der Waals surface area contributed by atoms with E-state index in [1.807, 2.05) is 44.2 Å². The van der Waals surface area contributed by atoms with Crippen LogP contribution in [0.5, 0.6) is 5.75 Å². The Hall–Kier alpha value is -2.59. The van der Waals surface area contributed by atoms with Gasteiger partial charge in [0, 0.05) is 23.7 Å². The van der Waals surface area contributed by atoms with Crippen molar-refractivity contribution < 1.29 is 27.5 Å². The summed E-state index contributed by atoms with van der Waals surface area (Å²) in [6, 6.07) is 12.3. The van der Waals surface area contributed by atoms with Crippen LogP contribution < -0.4 is 15.0 Å². The molecule has 1 aliphatic rings. The normalized spacial score (nSPS) is 18.9. The number of amides is 1. The molecular formula is C30H41BrN2O6S. The fraction of sp³-hybridized carbons (Fsp3) is 0.533. The minimum absolute atomic E-state index is 0.0321. The maximum absolute atomic E-state index is 13.9. The van der Waals surface area contributed by atoms with Crippen molar-refractivity contribution in [3.63, 3.8) is 0 Å². The molecule has 1 N–H and O–H groups in total. The average Bonchev–Trinajstić information content (AvgIpc) is 3.01. The second-order valence-corrected chi connectivity index (χ2v) is 13.8. The first kappa shape index (κ1) is 31.9. The number of hydrogen-bond donors (Lipinski definition) is 1. The molecule has 1 aliphatic heterocycles. The summed E-state index contributed by atoms with van der Waals surface area (Å²) in [5.74, 6) is -0.598. The van der Waals surface area contributed by atoms with Crippen molar-refractivity contribution in [1.29, 1.82) is 0 Å². The number of methoxy groups -OCH3 is 1. The third-order valence-electron chi connectivity index (χ3n) is 7.39. The molecule has 2 atom stereocenters. The van der Waals surface area contributed by atoms with E-state index in [0.717, 1.165) is 31.4 Å². The molecule has 0 bridgehead atoms. The number of ether oxygens (including phenoxy) is 2. The zero-order chi connectivity index (χ0) is 29.5. The van der Waals surface area contributed by atoms with Gasteiger partial charge in [-0.05, 0) is 59.3 Å². The number of halogens is 1. The van der Waals surface area contributed by atoms with Crippen LogP contribution in [0.1, 0.15) is 59.8 Å². The Morgan fingerprint density at radius 1 is 1.15 bits per heavy atom. The molecule has 3 rings (SSSR count). The smallest absolute Gasteiger partial charge is 0.328 e. The van der Waals surface area contributed by atoms with Crippen LogP contribution in [0, 0.1) is 11.3 Å². The molecule has 1 amide bonds. The molecule has 0 aliphatic carbocycles. The average molecular weight is 638 g/mol. The molecule has 10 heteroatoms. The number of nitrogens with zero attached hydrogens (tertiary/aromatic N) is 1. The van der Waals surface area contributed by atoms with Gasteiger partial charge in [-0.25, -0.2) is 13.2 Å². The van der Waals surface area contributed by atoms with Crippen LogP contribution >= 0.6 is 15.9 Å². The van der Waals surface area contributed by atoms with E-state index in [1.165, 1.54) is 13.2 Å². The summed E-state index contributed by atoms with van der Waals surface area (Å²) in [7, 11) is -2.42. The quantitative estimate of drug-likeness (QED) is 0.283. The fourth-order valence-corrected chi connectivity index (χ4v) is 7.80. The molecule has 0 fully saturated rings. The van der Waals surface area contributed by atoms with Gasteiger partial charge in [0.05, 0.1) is 27.9 Å². The topological polar surface area (TPSA) is 102 Å². The predicted octanol–water partition coefficient (Wildman–Crippen LogP) is 6.04. The van der Waals surface area contributed by atoms with Gasteiger partial charge in [0.2, 0.25) is 0 Å². The number of para-hydroxylation sites is 1. The van der Waals surface area contributed by atoms with Gasteiger partial charge in [0.25, 0.3) is 5.91 Å². The van der Waals surface area contributed by atoms with Gasteiger partial charge < -0.3 is 19.7 Å². The molecule has 220 valence electrons. The van der Waals surface area contributed by atoms with E-state index in [9.17, 15) is 18.0 Å². The van der Waals surface area contributed by atoms with Crippen molar-refractivity contribution in [2.75, 3.05) is 30.9 Å². The Kier molecular flexibility index (Phi) is 11.1. The number of benzene rings is 2. The summed E-state index contributed by atoms with van der Waals surface area (Å²) in [4.78, 5) is 27.1. The number of unbranched alkanes of at least 4 members (excludes halogenated alkanes) is 1. The fourth-order valence-electron chi connectivity index (χ4n) is 5.18. The maximum atomic E-state index is 13.9. The lowest BCUT2D eigenvalue weighted by molar-refractivity contribution is -0.145. The summed E-state index contributed by atoms with van der Waals surface area (Å²) in [5.41, 5.74) is 1.06. The summed E-state index contributed by atoms with van der Waals surface area (Å²) in [6.45, 7) is 8.25. The molecule has 2 aromatic rings. The second kappa shape index (κ2) is 13.9. The van der Waals surface area contributed by atoms with E-state index in [2.05, 4.69) is 40.0 Å². The van der Waals surface area contributed by atoms with Crippen molar-refractivity contribution in [2.45, 2.75) is 70.7 Å². The van der Waals surface area contributed by atoms with Crippen LogP contribution in [0.4, 0.5) is 11.4 Å². The van der Waals surface area contributed by atoms with Crippen molar-refractivity contribution >= 4 is 49.0 Å². The van der Waals surface area contributed by atoms with Crippen LogP contribution in [0.2, 0.25) is 0 Å². The van der Waals surface area contributed by atoms with Crippen LogP contribution in [0.3, 0.4) is 0 Å². The monoisotopic (exact) mass is 636 g/mol. The first-order valence-corrected chi connectivity index (χ1v) is 16.3. The lowest BCUT2D eigenvalue weighted by atomic mass is 9.81. The van der Waals surface area contributed by atoms with E-state index >= 15 is 0 Å². The molecule has 0 spiro atoms. The molecular weight excluding hydrogens is 596 g/mol. The summed E-state index contributed by atoms with van der Waals surface area (Å²) in [6.07, 6.45) is 3.88. The van der Waals surface area contributed by atoms with E-state index in [1.54, 1.807) is 6.07 Å². The Balaban J connectivity index is 1.97. The number of esters is 1. The highest BCUT2D eigenvalue weighted by atomic mass is 79.9. The molecule has 0 saturated carbocycles. The Morgan fingerprint density at radius 3 is 2.45 bits per heavy atom. The summed E-state index contributed by atoms with van der Waals surface area (Å²) < 4.78 is 39.0. The van der Waals surface area contributed by atoms with Crippen molar-refractivity contribution in [3.05, 3.63) is 46.9 Å². The van der Waals surface area contributed by atoms with Crippen molar-refractivity contribution in [3.8, 4) is 5.75 Å². The van der Waals surface area contributed by atoms with E-state index < -0.39 is 33.2 Å². The highest BCUT2D eigenvalue weighted by molar-refractivity contribution is 9.10. The number of hydrogen-bond acceptors (Lipinski definition) is 7. The predicted molar refractivity (Wildman–Crippen MR) is 161 cm³/mol. The molecule has 1 heterocycles. The zero-order valence-electron chi connectivity index (χ0n) is 24.0. The third kappa shape index (κ3) is 7.78. The van der Waals surface area contributed by atoms with Gasteiger partial charge >= 0.3 is 5.97 Å². The standard InChI is InChI=1S/C30H41BrN2O6S/c1-6-8-14-30(7-2)19-33(22-12-10-9-11-13-22)25-16-23(31)26(17-27(25)40(36,37)20-30)39-18-28(34)32-24(15-21(3)4)29(35)38-5/h9-13,16-17,21,24H,6-8,14-15,18-20H2,1-5H3,(H,32,34). The van der Waals surface area contributed by atoms with Crippen LogP contribution in [-0.4, -0.2) is 52.4 Å². The number of nitrogens with one attached hydrogen (secondary N) is 1. The number of carbonyl (C=O) groups excluding carboxylic acids is 2. The Labute approximate surface area is 246 Å². The van der Waals surface area contributed by atoms with Gasteiger partial charge in [-0.2, -0.15) is 0 Å². The first-order valence-electron chi connectivity index (χ1n) is 13.8. The highest BCUT2D eigenvalue weighted by Gasteiger charge is 2.42. The maximum Gasteiger partial charge on any atom is 0.328 e. The summed E-state index contributed by atoms with van der Waals surface area (Å²) in [5, 5.41) is 2.66. The first-order chi connectivity index (χ1) is 18.9. The SMILES string of the molecule is CCCCC1(CC)CN(c2ccccc2)c2cc(Br)c(OCC(=O)NC(CC(C)C)C(=O)OC)cc2S(=O)(=O)C1. The highest BCUT2D eigenvalue weighted by Crippen LogP contribution is 2.46. The lowest BCUT2D eigenvalue weighted by Crippen LogP contribution is -2.44. The van der Waals surface area contributed by atoms with Crippen LogP contribution in [0.15, 0.2) is 51.8 Å². The number of sulfone groups is 1. The molecule has 8 nitrogen and oxygen atoms in total. The van der Waals surface area contributed by atoms with Gasteiger partial charge in [0.15, 0.2) is 16.4 Å². The molecule has 2 aromatic carbocycles.